The van der Waals surface area contributed by atoms with Gasteiger partial charge in [-0.05, 0) is 99.7 Å². The molecule has 41 heavy (non-hydrogen) atoms. The molecule has 1 spiro atoms. The Morgan fingerprint density at radius 2 is 2.10 bits per heavy atom. The van der Waals surface area contributed by atoms with E-state index in [0.717, 1.165) is 58.0 Å². The van der Waals surface area contributed by atoms with Crippen molar-refractivity contribution in [2.45, 2.75) is 88.4 Å². The van der Waals surface area contributed by atoms with Crippen molar-refractivity contribution in [2.75, 3.05) is 39.8 Å². The molecule has 8 nitrogen and oxygen atoms in total. The SMILES string of the molecule is C=CC(=O)N1CCN(C2NC(OC[C@H]3CCCN3C)NC3C[C@]4(CCc5cc(F)ccc5C4)CCC32)C[C@H]1CC#N. The van der Waals surface area contributed by atoms with Gasteiger partial charge in [0.05, 0.1) is 31.3 Å². The molecule has 1 aromatic carbocycles. The van der Waals surface area contributed by atoms with Crippen LogP contribution in [0.4, 0.5) is 4.39 Å². The van der Waals surface area contributed by atoms with Crippen molar-refractivity contribution in [3.63, 3.8) is 0 Å². The van der Waals surface area contributed by atoms with E-state index in [1.165, 1.54) is 23.6 Å². The van der Waals surface area contributed by atoms with Crippen LogP contribution in [-0.2, 0) is 22.4 Å². The van der Waals surface area contributed by atoms with Gasteiger partial charge in [-0.15, -0.1) is 0 Å². The van der Waals surface area contributed by atoms with Crippen molar-refractivity contribution in [3.05, 3.63) is 47.8 Å². The van der Waals surface area contributed by atoms with E-state index in [-0.39, 0.29) is 35.7 Å². The summed E-state index contributed by atoms with van der Waals surface area (Å²) in [5.41, 5.74) is 2.70. The second kappa shape index (κ2) is 12.1. The Hall–Kier alpha value is -2.35. The Bertz CT molecular complexity index is 1170. The number of nitriles is 1. The molecule has 0 aromatic heterocycles. The van der Waals surface area contributed by atoms with E-state index in [2.05, 4.69) is 40.1 Å². The number of carbonyl (C=O) groups is 1. The number of hydrogen-bond acceptors (Lipinski definition) is 7. The van der Waals surface area contributed by atoms with Gasteiger partial charge in [-0.1, -0.05) is 12.6 Å². The number of rotatable bonds is 6. The van der Waals surface area contributed by atoms with Crippen LogP contribution in [0.3, 0.4) is 0 Å². The van der Waals surface area contributed by atoms with Gasteiger partial charge in [-0.2, -0.15) is 5.26 Å². The molecule has 9 heteroatoms. The Morgan fingerprint density at radius 3 is 2.88 bits per heavy atom. The summed E-state index contributed by atoms with van der Waals surface area (Å²) in [7, 11) is 2.18. The van der Waals surface area contributed by atoms with E-state index < -0.39 is 0 Å². The summed E-state index contributed by atoms with van der Waals surface area (Å²) in [6.45, 7) is 7.49. The molecule has 1 amide bonds. The predicted octanol–water partition coefficient (Wildman–Crippen LogP) is 3.00. The zero-order valence-corrected chi connectivity index (χ0v) is 24.4. The van der Waals surface area contributed by atoms with Gasteiger partial charge in [-0.25, -0.2) is 4.39 Å². The fourth-order valence-electron chi connectivity index (χ4n) is 8.44. The number of piperazine rings is 1. The fourth-order valence-corrected chi connectivity index (χ4v) is 8.44. The maximum Gasteiger partial charge on any atom is 0.246 e. The summed E-state index contributed by atoms with van der Waals surface area (Å²) in [4.78, 5) is 19.2. The molecule has 3 saturated heterocycles. The number of halogens is 1. The molecule has 1 aromatic rings. The quantitative estimate of drug-likeness (QED) is 0.514. The van der Waals surface area contributed by atoms with Crippen molar-refractivity contribution in [3.8, 4) is 6.07 Å². The number of fused-ring (bicyclic) bond motifs is 2. The van der Waals surface area contributed by atoms with Crippen LogP contribution < -0.4 is 10.6 Å². The maximum absolute atomic E-state index is 13.9. The number of likely N-dealkylation sites (tertiary alicyclic amines) is 1. The normalized spacial score (nSPS) is 36.0. The largest absolute Gasteiger partial charge is 0.348 e. The lowest BCUT2D eigenvalue weighted by Crippen LogP contribution is -2.72. The first-order chi connectivity index (χ1) is 19.9. The molecule has 3 aliphatic heterocycles. The van der Waals surface area contributed by atoms with Crippen molar-refractivity contribution < 1.29 is 13.9 Å². The van der Waals surface area contributed by atoms with E-state index in [1.807, 2.05) is 11.0 Å². The maximum atomic E-state index is 13.9. The van der Waals surface area contributed by atoms with Crippen LogP contribution >= 0.6 is 0 Å². The van der Waals surface area contributed by atoms with Crippen LogP contribution in [0.2, 0.25) is 0 Å². The molecule has 2 aliphatic carbocycles. The van der Waals surface area contributed by atoms with Crippen molar-refractivity contribution >= 4 is 5.91 Å². The van der Waals surface area contributed by atoms with Crippen LogP contribution in [0.25, 0.3) is 0 Å². The van der Waals surface area contributed by atoms with Gasteiger partial charge in [0.15, 0.2) is 6.35 Å². The van der Waals surface area contributed by atoms with Crippen molar-refractivity contribution in [1.82, 2.24) is 25.3 Å². The standard InChI is InChI=1S/C32H45FN6O2/c1-3-29(40)39-16-15-38(20-25(39)10-13-34)30-27-9-12-32(11-8-22-17-24(33)7-6-23(22)18-32)19-28(27)35-31(36-30)41-21-26-5-4-14-37(26)2/h3,6-7,17,25-28,30-31,35-36H,1,4-5,8-12,14-16,18-21H2,2H3/t25-,26-,27?,28?,30?,31?,32-/m1/s1. The molecular formula is C32H45FN6O2. The first-order valence-electron chi connectivity index (χ1n) is 15.5. The van der Waals surface area contributed by atoms with Gasteiger partial charge >= 0.3 is 0 Å². The predicted molar refractivity (Wildman–Crippen MR) is 155 cm³/mol. The Balaban J connectivity index is 1.20. The number of ether oxygens (including phenoxy) is 1. The number of nitrogens with one attached hydrogen (secondary N) is 2. The minimum atomic E-state index is -0.252. The first-order valence-corrected chi connectivity index (χ1v) is 15.5. The number of amides is 1. The van der Waals surface area contributed by atoms with E-state index >= 15 is 0 Å². The molecule has 1 saturated carbocycles. The van der Waals surface area contributed by atoms with Crippen LogP contribution in [0.1, 0.15) is 56.1 Å². The lowest BCUT2D eigenvalue weighted by atomic mass is 9.59. The summed E-state index contributed by atoms with van der Waals surface area (Å²) in [6, 6.07) is 8.23. The molecular weight excluding hydrogens is 519 g/mol. The topological polar surface area (TPSA) is 83.9 Å². The summed E-state index contributed by atoms with van der Waals surface area (Å²) >= 11 is 0. The van der Waals surface area contributed by atoms with Crippen LogP contribution in [0, 0.1) is 28.5 Å². The minimum Gasteiger partial charge on any atom is -0.348 e. The lowest BCUT2D eigenvalue weighted by Gasteiger charge is -2.56. The number of aryl methyl sites for hydroxylation is 1. The summed E-state index contributed by atoms with van der Waals surface area (Å²) in [6.07, 6.45) is 10.3. The van der Waals surface area contributed by atoms with Gasteiger partial charge in [-0.3, -0.25) is 20.3 Å². The van der Waals surface area contributed by atoms with E-state index in [1.54, 1.807) is 12.1 Å². The fraction of sp³-hybridized carbons (Fsp3) is 0.688. The molecule has 0 bridgehead atoms. The number of likely N-dealkylation sites (N-methyl/N-ethyl adjacent to an activating group) is 1. The first kappa shape index (κ1) is 28.8. The van der Waals surface area contributed by atoms with E-state index in [9.17, 15) is 14.4 Å². The van der Waals surface area contributed by atoms with E-state index in [4.69, 9.17) is 4.74 Å². The highest BCUT2D eigenvalue weighted by atomic mass is 19.1. The zero-order chi connectivity index (χ0) is 28.6. The summed E-state index contributed by atoms with van der Waals surface area (Å²) in [5.74, 6) is 0.164. The van der Waals surface area contributed by atoms with Crippen LogP contribution in [0.5, 0.6) is 0 Å². The molecule has 7 atom stereocenters. The number of benzene rings is 1. The highest BCUT2D eigenvalue weighted by molar-refractivity contribution is 5.87. The molecule has 2 N–H and O–H groups in total. The van der Waals surface area contributed by atoms with Gasteiger partial charge in [0, 0.05) is 37.6 Å². The minimum absolute atomic E-state index is 0.0972. The van der Waals surface area contributed by atoms with Crippen molar-refractivity contribution in [1.29, 1.82) is 5.26 Å². The molecule has 3 heterocycles. The number of hydrogen-bond donors (Lipinski definition) is 2. The summed E-state index contributed by atoms with van der Waals surface area (Å²) < 4.78 is 20.4. The van der Waals surface area contributed by atoms with Gasteiger partial charge in [0.1, 0.15) is 5.82 Å². The Labute approximate surface area is 243 Å². The van der Waals surface area contributed by atoms with Gasteiger partial charge in [0.2, 0.25) is 5.91 Å². The highest BCUT2D eigenvalue weighted by Crippen LogP contribution is 2.49. The Morgan fingerprint density at radius 1 is 1.22 bits per heavy atom. The third-order valence-electron chi connectivity index (χ3n) is 10.7. The molecule has 0 radical (unpaired) electrons. The smallest absolute Gasteiger partial charge is 0.246 e. The molecule has 5 aliphatic rings. The molecule has 4 fully saturated rings. The van der Waals surface area contributed by atoms with Crippen molar-refractivity contribution in [2.24, 2.45) is 11.3 Å². The number of carbonyl (C=O) groups excluding carboxylic acids is 1. The van der Waals surface area contributed by atoms with Gasteiger partial charge < -0.3 is 14.5 Å². The van der Waals surface area contributed by atoms with Crippen LogP contribution in [0.15, 0.2) is 30.9 Å². The van der Waals surface area contributed by atoms with E-state index in [0.29, 0.717) is 44.1 Å². The third-order valence-corrected chi connectivity index (χ3v) is 10.7. The molecule has 4 unspecified atom stereocenters. The van der Waals surface area contributed by atoms with Gasteiger partial charge in [0.25, 0.3) is 0 Å². The third kappa shape index (κ3) is 5.95. The number of nitrogens with zero attached hydrogens (tertiary/aromatic N) is 4. The lowest BCUT2D eigenvalue weighted by molar-refractivity contribution is -0.137. The monoisotopic (exact) mass is 564 g/mol. The highest BCUT2D eigenvalue weighted by Gasteiger charge is 2.50. The molecule has 6 rings (SSSR count). The summed E-state index contributed by atoms with van der Waals surface area (Å²) in [5, 5.41) is 17.2. The second-order valence-corrected chi connectivity index (χ2v) is 13.1. The average molecular weight is 565 g/mol. The average Bonchev–Trinajstić information content (AvgIpc) is 3.39. The zero-order valence-electron chi connectivity index (χ0n) is 24.4. The molecule has 222 valence electrons. The van der Waals surface area contributed by atoms with Crippen LogP contribution in [-0.4, -0.2) is 91.1 Å². The Kier molecular flexibility index (Phi) is 8.49. The second-order valence-electron chi connectivity index (χ2n) is 13.1.